The Morgan fingerprint density at radius 1 is 1.24 bits per heavy atom. The Morgan fingerprint density at radius 2 is 2.18 bits per heavy atom. The topological polar surface area (TPSA) is 32.3 Å². The van der Waals surface area contributed by atoms with Crippen LogP contribution in [-0.2, 0) is 6.42 Å². The number of hydrogen-bond acceptors (Lipinski definition) is 2. The molecule has 0 aromatic heterocycles. The highest BCUT2D eigenvalue weighted by Crippen LogP contribution is 2.39. The molecular weight excluding hydrogens is 210 g/mol. The normalized spacial score (nSPS) is 28.0. The van der Waals surface area contributed by atoms with Crippen molar-refractivity contribution in [3.63, 3.8) is 0 Å². The summed E-state index contributed by atoms with van der Waals surface area (Å²) in [5.74, 6) is 1.16. The van der Waals surface area contributed by atoms with E-state index in [0.29, 0.717) is 17.7 Å². The molecular formula is C15H21NO. The van der Waals surface area contributed by atoms with Gasteiger partial charge in [-0.3, -0.25) is 0 Å². The minimum atomic E-state index is 0.506. The summed E-state index contributed by atoms with van der Waals surface area (Å²) in [5, 5.41) is 13.5. The monoisotopic (exact) mass is 231 g/mol. The Labute approximate surface area is 103 Å². The molecule has 2 heteroatoms. The second-order valence-corrected chi connectivity index (χ2v) is 5.46. The van der Waals surface area contributed by atoms with Crippen LogP contribution in [0.5, 0.6) is 5.75 Å². The van der Waals surface area contributed by atoms with Crippen molar-refractivity contribution in [1.29, 1.82) is 0 Å². The molecule has 2 unspecified atom stereocenters. The fourth-order valence-corrected chi connectivity index (χ4v) is 3.47. The molecule has 0 spiro atoms. The number of aromatic hydroxyl groups is 1. The van der Waals surface area contributed by atoms with Crippen molar-refractivity contribution < 1.29 is 5.11 Å². The average Bonchev–Trinajstić information content (AvgIpc) is 2.83. The van der Waals surface area contributed by atoms with Crippen LogP contribution in [0.1, 0.15) is 49.1 Å². The van der Waals surface area contributed by atoms with Crippen molar-refractivity contribution in [2.75, 3.05) is 6.54 Å². The van der Waals surface area contributed by atoms with Crippen molar-refractivity contribution in [2.24, 2.45) is 0 Å². The minimum Gasteiger partial charge on any atom is -0.508 e. The van der Waals surface area contributed by atoms with Gasteiger partial charge in [-0.1, -0.05) is 12.1 Å². The lowest BCUT2D eigenvalue weighted by atomic mass is 9.79. The van der Waals surface area contributed by atoms with Crippen LogP contribution in [0, 0.1) is 0 Å². The van der Waals surface area contributed by atoms with E-state index in [1.54, 1.807) is 0 Å². The predicted octanol–water partition coefficient (Wildman–Crippen LogP) is 2.95. The Hall–Kier alpha value is -1.02. The van der Waals surface area contributed by atoms with E-state index >= 15 is 0 Å². The quantitative estimate of drug-likeness (QED) is 0.820. The standard InChI is InChI=1S/C15H21NO/c17-15-8-2-6-13-11(4-1-7-14(13)15)10-12-5-3-9-16-12/h2,6,8,11-12,16-17H,1,3-5,7,9-10H2. The first-order chi connectivity index (χ1) is 8.34. The number of phenolic OH excluding ortho intramolecular Hbond substituents is 1. The van der Waals surface area contributed by atoms with E-state index < -0.39 is 0 Å². The van der Waals surface area contributed by atoms with Crippen LogP contribution in [0.2, 0.25) is 0 Å². The van der Waals surface area contributed by atoms with Gasteiger partial charge in [-0.2, -0.15) is 0 Å². The van der Waals surface area contributed by atoms with Crippen molar-refractivity contribution in [3.05, 3.63) is 29.3 Å². The highest BCUT2D eigenvalue weighted by molar-refractivity contribution is 5.42. The molecule has 0 bridgehead atoms. The number of nitrogens with one attached hydrogen (secondary N) is 1. The van der Waals surface area contributed by atoms with Gasteiger partial charge < -0.3 is 10.4 Å². The largest absolute Gasteiger partial charge is 0.508 e. The first-order valence-electron chi connectivity index (χ1n) is 6.89. The van der Waals surface area contributed by atoms with Crippen LogP contribution in [0.3, 0.4) is 0 Å². The number of benzene rings is 1. The van der Waals surface area contributed by atoms with Gasteiger partial charge in [-0.25, -0.2) is 0 Å². The van der Waals surface area contributed by atoms with Gasteiger partial charge >= 0.3 is 0 Å². The molecule has 1 fully saturated rings. The molecule has 2 nitrogen and oxygen atoms in total. The molecule has 1 aliphatic heterocycles. The predicted molar refractivity (Wildman–Crippen MR) is 69.4 cm³/mol. The molecule has 3 rings (SSSR count). The summed E-state index contributed by atoms with van der Waals surface area (Å²) in [5.41, 5.74) is 2.62. The third-order valence-corrected chi connectivity index (χ3v) is 4.34. The van der Waals surface area contributed by atoms with Crippen molar-refractivity contribution >= 4 is 0 Å². The van der Waals surface area contributed by atoms with Crippen LogP contribution in [0.4, 0.5) is 0 Å². The molecule has 2 N–H and O–H groups in total. The molecule has 2 aliphatic rings. The Balaban J connectivity index is 1.81. The van der Waals surface area contributed by atoms with Gasteiger partial charge in [0, 0.05) is 6.04 Å². The smallest absolute Gasteiger partial charge is 0.119 e. The third-order valence-electron chi connectivity index (χ3n) is 4.34. The number of fused-ring (bicyclic) bond motifs is 1. The summed E-state index contributed by atoms with van der Waals surface area (Å²) >= 11 is 0. The molecule has 2 atom stereocenters. The number of hydrogen-bond donors (Lipinski definition) is 2. The van der Waals surface area contributed by atoms with E-state index in [2.05, 4.69) is 11.4 Å². The molecule has 0 amide bonds. The Bertz CT molecular complexity index is 396. The van der Waals surface area contributed by atoms with Gasteiger partial charge in [0.25, 0.3) is 0 Å². The molecule has 1 aromatic rings. The molecule has 1 heterocycles. The summed E-state index contributed by atoms with van der Waals surface area (Å²) in [7, 11) is 0. The van der Waals surface area contributed by atoms with Crippen LogP contribution in [-0.4, -0.2) is 17.7 Å². The molecule has 0 saturated carbocycles. The van der Waals surface area contributed by atoms with Crippen molar-refractivity contribution in [1.82, 2.24) is 5.32 Å². The summed E-state index contributed by atoms with van der Waals surface area (Å²) in [6.45, 7) is 1.18. The fourth-order valence-electron chi connectivity index (χ4n) is 3.47. The Kier molecular flexibility index (Phi) is 3.06. The number of phenols is 1. The molecule has 17 heavy (non-hydrogen) atoms. The second kappa shape index (κ2) is 4.69. The van der Waals surface area contributed by atoms with Crippen molar-refractivity contribution in [2.45, 2.75) is 50.5 Å². The van der Waals surface area contributed by atoms with Crippen LogP contribution in [0.25, 0.3) is 0 Å². The molecule has 1 aromatic carbocycles. The maximum Gasteiger partial charge on any atom is 0.119 e. The van der Waals surface area contributed by atoms with E-state index in [1.807, 2.05) is 12.1 Å². The third kappa shape index (κ3) is 2.19. The van der Waals surface area contributed by atoms with Gasteiger partial charge in [0.05, 0.1) is 0 Å². The zero-order valence-corrected chi connectivity index (χ0v) is 10.3. The summed E-state index contributed by atoms with van der Waals surface area (Å²) in [6, 6.07) is 6.74. The highest BCUT2D eigenvalue weighted by Gasteiger charge is 2.26. The second-order valence-electron chi connectivity index (χ2n) is 5.46. The Morgan fingerprint density at radius 3 is 3.00 bits per heavy atom. The summed E-state index contributed by atoms with van der Waals surface area (Å²) < 4.78 is 0. The molecule has 92 valence electrons. The fraction of sp³-hybridized carbons (Fsp3) is 0.600. The van der Waals surface area contributed by atoms with E-state index in [9.17, 15) is 5.11 Å². The molecule has 1 saturated heterocycles. The summed E-state index contributed by atoms with van der Waals surface area (Å²) in [6.07, 6.45) is 7.46. The first kappa shape index (κ1) is 11.1. The van der Waals surface area contributed by atoms with E-state index in [4.69, 9.17) is 0 Å². The van der Waals surface area contributed by atoms with Crippen LogP contribution < -0.4 is 5.32 Å². The lowest BCUT2D eigenvalue weighted by molar-refractivity contribution is 0.425. The van der Waals surface area contributed by atoms with Crippen LogP contribution in [0.15, 0.2) is 18.2 Å². The van der Waals surface area contributed by atoms with E-state index in [-0.39, 0.29) is 0 Å². The molecule has 0 radical (unpaired) electrons. The maximum absolute atomic E-state index is 9.92. The van der Waals surface area contributed by atoms with Gasteiger partial charge in [0.15, 0.2) is 0 Å². The zero-order valence-electron chi connectivity index (χ0n) is 10.3. The lowest BCUT2D eigenvalue weighted by Crippen LogP contribution is -2.25. The van der Waals surface area contributed by atoms with Gasteiger partial charge in [-0.15, -0.1) is 0 Å². The number of rotatable bonds is 2. The average molecular weight is 231 g/mol. The van der Waals surface area contributed by atoms with E-state index in [1.165, 1.54) is 49.8 Å². The minimum absolute atomic E-state index is 0.506. The molecule has 1 aliphatic carbocycles. The van der Waals surface area contributed by atoms with Crippen molar-refractivity contribution in [3.8, 4) is 5.75 Å². The zero-order chi connectivity index (χ0) is 11.7. The van der Waals surface area contributed by atoms with Crippen LogP contribution >= 0.6 is 0 Å². The summed E-state index contributed by atoms with van der Waals surface area (Å²) in [4.78, 5) is 0. The van der Waals surface area contributed by atoms with Gasteiger partial charge in [0.2, 0.25) is 0 Å². The first-order valence-corrected chi connectivity index (χ1v) is 6.89. The lowest BCUT2D eigenvalue weighted by Gasteiger charge is -2.28. The van der Waals surface area contributed by atoms with Gasteiger partial charge in [-0.05, 0) is 68.2 Å². The SMILES string of the molecule is Oc1cccc2c1CCCC2CC1CCCN1. The van der Waals surface area contributed by atoms with Gasteiger partial charge in [0.1, 0.15) is 5.75 Å². The maximum atomic E-state index is 9.92. The van der Waals surface area contributed by atoms with E-state index in [0.717, 1.165) is 6.42 Å². The highest BCUT2D eigenvalue weighted by atomic mass is 16.3.